The van der Waals surface area contributed by atoms with E-state index in [9.17, 15) is 9.90 Å². The number of hydrogen-bond acceptors (Lipinski definition) is 2. The first kappa shape index (κ1) is 13.2. The summed E-state index contributed by atoms with van der Waals surface area (Å²) in [7, 11) is 0. The Morgan fingerprint density at radius 1 is 1.14 bits per heavy atom. The first-order valence-electron chi connectivity index (χ1n) is 6.74. The number of nitrogens with zero attached hydrogens (tertiary/aromatic N) is 2. The number of carboxylic acid groups (broad SMARTS) is 1. The fourth-order valence-corrected chi connectivity index (χ4v) is 2.81. The zero-order chi connectivity index (χ0) is 15.1. The SMILES string of the molecule is CC(C)n1c2cc(C#N)ccc2c2ccc(C(=O)O)cc21. The molecule has 1 N–H and O–H groups in total. The maximum Gasteiger partial charge on any atom is 0.335 e. The quantitative estimate of drug-likeness (QED) is 0.772. The van der Waals surface area contributed by atoms with Crippen LogP contribution in [0.25, 0.3) is 21.8 Å². The molecule has 2 aromatic carbocycles. The molecule has 3 aromatic rings. The molecule has 0 atom stereocenters. The van der Waals surface area contributed by atoms with Crippen LogP contribution in [0.4, 0.5) is 0 Å². The number of benzene rings is 2. The minimum absolute atomic E-state index is 0.169. The number of carboxylic acids is 1. The largest absolute Gasteiger partial charge is 0.478 e. The molecule has 104 valence electrons. The third-order valence-electron chi connectivity index (χ3n) is 3.70. The molecule has 1 heterocycles. The van der Waals surface area contributed by atoms with Gasteiger partial charge in [-0.15, -0.1) is 0 Å². The lowest BCUT2D eigenvalue weighted by atomic mass is 10.1. The smallest absolute Gasteiger partial charge is 0.335 e. The van der Waals surface area contributed by atoms with Crippen LogP contribution in [0.1, 0.15) is 35.8 Å². The molecule has 0 saturated carbocycles. The van der Waals surface area contributed by atoms with Crippen LogP contribution in [0.15, 0.2) is 36.4 Å². The van der Waals surface area contributed by atoms with Gasteiger partial charge in [0.2, 0.25) is 0 Å². The Morgan fingerprint density at radius 2 is 1.76 bits per heavy atom. The summed E-state index contributed by atoms with van der Waals surface area (Å²) in [5.41, 5.74) is 2.72. The van der Waals surface area contributed by atoms with Crippen LogP contribution in [0.5, 0.6) is 0 Å². The van der Waals surface area contributed by atoms with E-state index in [1.807, 2.05) is 32.0 Å². The molecule has 0 bridgehead atoms. The molecular weight excluding hydrogens is 264 g/mol. The number of aromatic nitrogens is 1. The second-order valence-electron chi connectivity index (χ2n) is 5.34. The first-order valence-corrected chi connectivity index (χ1v) is 6.74. The summed E-state index contributed by atoms with van der Waals surface area (Å²) in [6.45, 7) is 4.09. The minimum Gasteiger partial charge on any atom is -0.478 e. The Bertz CT molecular complexity index is 914. The molecule has 0 saturated heterocycles. The Morgan fingerprint density at radius 3 is 2.33 bits per heavy atom. The lowest BCUT2D eigenvalue weighted by molar-refractivity contribution is 0.0697. The van der Waals surface area contributed by atoms with E-state index in [-0.39, 0.29) is 11.6 Å². The predicted molar refractivity (Wildman–Crippen MR) is 81.5 cm³/mol. The summed E-state index contributed by atoms with van der Waals surface area (Å²) in [5, 5.41) is 20.3. The van der Waals surface area contributed by atoms with E-state index < -0.39 is 5.97 Å². The average molecular weight is 278 g/mol. The molecule has 0 amide bonds. The summed E-state index contributed by atoms with van der Waals surface area (Å²) in [5.74, 6) is -0.935. The molecule has 0 unspecified atom stereocenters. The summed E-state index contributed by atoms with van der Waals surface area (Å²) in [6.07, 6.45) is 0. The third-order valence-corrected chi connectivity index (χ3v) is 3.70. The lowest BCUT2D eigenvalue weighted by Gasteiger charge is -2.11. The summed E-state index contributed by atoms with van der Waals surface area (Å²) >= 11 is 0. The molecule has 0 aliphatic carbocycles. The highest BCUT2D eigenvalue weighted by atomic mass is 16.4. The molecule has 0 aliphatic heterocycles. The number of nitriles is 1. The van der Waals surface area contributed by atoms with Crippen molar-refractivity contribution in [2.45, 2.75) is 19.9 Å². The van der Waals surface area contributed by atoms with Crippen molar-refractivity contribution in [3.8, 4) is 6.07 Å². The number of aromatic carboxylic acids is 1. The van der Waals surface area contributed by atoms with Crippen molar-refractivity contribution >= 4 is 27.8 Å². The van der Waals surface area contributed by atoms with Crippen molar-refractivity contribution in [3.05, 3.63) is 47.5 Å². The van der Waals surface area contributed by atoms with E-state index in [4.69, 9.17) is 5.26 Å². The van der Waals surface area contributed by atoms with Gasteiger partial charge in [0, 0.05) is 16.8 Å². The predicted octanol–water partition coefficient (Wildman–Crippen LogP) is 3.95. The van der Waals surface area contributed by atoms with Gasteiger partial charge in [0.05, 0.1) is 28.2 Å². The monoisotopic (exact) mass is 278 g/mol. The maximum atomic E-state index is 11.2. The van der Waals surface area contributed by atoms with E-state index in [1.54, 1.807) is 18.2 Å². The Balaban J connectivity index is 2.49. The Kier molecular flexibility index (Phi) is 2.91. The Hall–Kier alpha value is -2.80. The highest BCUT2D eigenvalue weighted by molar-refractivity contribution is 6.10. The number of carbonyl (C=O) groups is 1. The van der Waals surface area contributed by atoms with Crippen LogP contribution >= 0.6 is 0 Å². The van der Waals surface area contributed by atoms with Gasteiger partial charge in [-0.25, -0.2) is 4.79 Å². The van der Waals surface area contributed by atoms with Crippen LogP contribution in [0, 0.1) is 11.3 Å². The van der Waals surface area contributed by atoms with Crippen molar-refractivity contribution in [2.24, 2.45) is 0 Å². The molecule has 4 heteroatoms. The van der Waals surface area contributed by atoms with Crippen molar-refractivity contribution in [3.63, 3.8) is 0 Å². The average Bonchev–Trinajstić information content (AvgIpc) is 2.79. The molecule has 21 heavy (non-hydrogen) atoms. The van der Waals surface area contributed by atoms with E-state index in [0.717, 1.165) is 21.8 Å². The zero-order valence-electron chi connectivity index (χ0n) is 11.8. The van der Waals surface area contributed by atoms with Gasteiger partial charge >= 0.3 is 5.97 Å². The zero-order valence-corrected chi connectivity index (χ0v) is 11.8. The van der Waals surface area contributed by atoms with Crippen LogP contribution in [0.3, 0.4) is 0 Å². The minimum atomic E-state index is -0.935. The van der Waals surface area contributed by atoms with Crippen molar-refractivity contribution < 1.29 is 9.90 Å². The molecule has 1 aromatic heterocycles. The van der Waals surface area contributed by atoms with Gasteiger partial charge in [-0.2, -0.15) is 5.26 Å². The summed E-state index contributed by atoms with van der Waals surface area (Å²) < 4.78 is 2.08. The molecule has 4 nitrogen and oxygen atoms in total. The molecular formula is C17H14N2O2. The van der Waals surface area contributed by atoms with Gasteiger partial charge in [-0.3, -0.25) is 0 Å². The third kappa shape index (κ3) is 1.95. The standard InChI is InChI=1S/C17H14N2O2/c1-10(2)19-15-7-11(9-18)3-5-13(15)14-6-4-12(17(20)21)8-16(14)19/h3-8,10H,1-2H3,(H,20,21). The number of rotatable bonds is 2. The first-order chi connectivity index (χ1) is 10.0. The van der Waals surface area contributed by atoms with E-state index >= 15 is 0 Å². The molecule has 0 radical (unpaired) electrons. The number of fused-ring (bicyclic) bond motifs is 3. The fourth-order valence-electron chi connectivity index (χ4n) is 2.81. The van der Waals surface area contributed by atoms with Crippen LogP contribution < -0.4 is 0 Å². The van der Waals surface area contributed by atoms with Gasteiger partial charge in [0.1, 0.15) is 0 Å². The second-order valence-corrected chi connectivity index (χ2v) is 5.34. The van der Waals surface area contributed by atoms with Crippen LogP contribution in [-0.4, -0.2) is 15.6 Å². The lowest BCUT2D eigenvalue weighted by Crippen LogP contribution is -2.01. The van der Waals surface area contributed by atoms with Crippen molar-refractivity contribution in [1.82, 2.24) is 4.57 Å². The van der Waals surface area contributed by atoms with Gasteiger partial charge in [-0.1, -0.05) is 12.1 Å². The van der Waals surface area contributed by atoms with Gasteiger partial charge in [0.25, 0.3) is 0 Å². The highest BCUT2D eigenvalue weighted by Crippen LogP contribution is 2.33. The summed E-state index contributed by atoms with van der Waals surface area (Å²) in [4.78, 5) is 11.2. The topological polar surface area (TPSA) is 66.0 Å². The van der Waals surface area contributed by atoms with Gasteiger partial charge in [-0.05, 0) is 38.1 Å². The van der Waals surface area contributed by atoms with E-state index in [0.29, 0.717) is 5.56 Å². The molecule has 0 fully saturated rings. The molecule has 0 aliphatic rings. The fraction of sp³-hybridized carbons (Fsp3) is 0.176. The van der Waals surface area contributed by atoms with E-state index in [2.05, 4.69) is 10.6 Å². The Labute approximate surface area is 121 Å². The molecule has 3 rings (SSSR count). The highest BCUT2D eigenvalue weighted by Gasteiger charge is 2.15. The normalized spacial score (nSPS) is 11.1. The summed E-state index contributed by atoms with van der Waals surface area (Å²) in [6, 6.07) is 13.0. The van der Waals surface area contributed by atoms with Crippen molar-refractivity contribution in [1.29, 1.82) is 5.26 Å². The van der Waals surface area contributed by atoms with Crippen molar-refractivity contribution in [2.75, 3.05) is 0 Å². The van der Waals surface area contributed by atoms with Gasteiger partial charge < -0.3 is 9.67 Å². The number of hydrogen-bond donors (Lipinski definition) is 1. The van der Waals surface area contributed by atoms with Crippen LogP contribution in [-0.2, 0) is 0 Å². The maximum absolute atomic E-state index is 11.2. The van der Waals surface area contributed by atoms with Gasteiger partial charge in [0.15, 0.2) is 0 Å². The molecule has 0 spiro atoms. The van der Waals surface area contributed by atoms with Crippen LogP contribution in [0.2, 0.25) is 0 Å². The second kappa shape index (κ2) is 4.64. The van der Waals surface area contributed by atoms with E-state index in [1.165, 1.54) is 0 Å².